The first kappa shape index (κ1) is 26.5. The fraction of sp³-hybridized carbons (Fsp3) is 0.0769. The van der Waals surface area contributed by atoms with E-state index < -0.39 is 53.6 Å². The van der Waals surface area contributed by atoms with Crippen LogP contribution in [-0.4, -0.2) is 19.7 Å². The predicted molar refractivity (Wildman–Crippen MR) is 136 cm³/mol. The molecule has 0 bridgehead atoms. The van der Waals surface area contributed by atoms with Gasteiger partial charge in [-0.15, -0.1) is 0 Å². The monoisotopic (exact) mass is 530 g/mol. The summed E-state index contributed by atoms with van der Waals surface area (Å²) in [5, 5.41) is 50.2. The van der Waals surface area contributed by atoms with Gasteiger partial charge in [-0.1, -0.05) is 60.7 Å². The van der Waals surface area contributed by atoms with Gasteiger partial charge in [0.25, 0.3) is 11.4 Å². The van der Waals surface area contributed by atoms with E-state index in [0.717, 1.165) is 24.3 Å². The topological polar surface area (TPSA) is 182 Å². The Morgan fingerprint density at radius 3 is 1.08 bits per heavy atom. The zero-order valence-electron chi connectivity index (χ0n) is 19.9. The third kappa shape index (κ3) is 4.42. The highest BCUT2D eigenvalue weighted by Crippen LogP contribution is 2.49. The number of rotatable bonds is 10. The summed E-state index contributed by atoms with van der Waals surface area (Å²) >= 11 is 0. The lowest BCUT2D eigenvalue weighted by molar-refractivity contribution is -0.710. The molecule has 0 aliphatic carbocycles. The zero-order chi connectivity index (χ0) is 28.2. The average molecular weight is 530 g/mol. The minimum Gasteiger partial charge on any atom is -0.261 e. The molecular formula is C26H18N4O9. The first-order chi connectivity index (χ1) is 18.7. The fourth-order valence-electron chi connectivity index (χ4n) is 4.40. The number of para-hydroxylation sites is 2. The molecule has 0 saturated carbocycles. The molecule has 0 heterocycles. The van der Waals surface area contributed by atoms with Crippen molar-refractivity contribution in [3.05, 3.63) is 172 Å². The van der Waals surface area contributed by atoms with Gasteiger partial charge in [0.2, 0.25) is 0 Å². The van der Waals surface area contributed by atoms with Crippen LogP contribution in [0.1, 0.15) is 22.3 Å². The van der Waals surface area contributed by atoms with E-state index in [0.29, 0.717) is 0 Å². The maximum Gasteiger partial charge on any atom is 0.390 e. The van der Waals surface area contributed by atoms with Gasteiger partial charge in [0, 0.05) is 12.1 Å². The maximum atomic E-state index is 13.1. The van der Waals surface area contributed by atoms with Crippen molar-refractivity contribution in [2.75, 3.05) is 0 Å². The molecule has 0 aliphatic heterocycles. The molecule has 0 radical (unpaired) electrons. The van der Waals surface area contributed by atoms with E-state index in [2.05, 4.69) is 0 Å². The van der Waals surface area contributed by atoms with Crippen LogP contribution in [0, 0.1) is 40.5 Å². The fourth-order valence-corrected chi connectivity index (χ4v) is 4.40. The van der Waals surface area contributed by atoms with E-state index in [-0.39, 0.29) is 11.1 Å². The molecule has 4 rings (SSSR count). The van der Waals surface area contributed by atoms with E-state index in [1.807, 2.05) is 0 Å². The highest BCUT2D eigenvalue weighted by Gasteiger charge is 2.65. The second-order valence-corrected chi connectivity index (χ2v) is 8.18. The van der Waals surface area contributed by atoms with Crippen molar-refractivity contribution in [3.63, 3.8) is 0 Å². The number of benzene rings is 4. The normalized spacial score (nSPS) is 13.9. The molecule has 39 heavy (non-hydrogen) atoms. The highest BCUT2D eigenvalue weighted by molar-refractivity contribution is 5.50. The highest BCUT2D eigenvalue weighted by atomic mass is 16.7. The van der Waals surface area contributed by atoms with Crippen LogP contribution in [0.2, 0.25) is 0 Å². The predicted octanol–water partition coefficient (Wildman–Crippen LogP) is 5.18. The lowest BCUT2D eigenvalue weighted by Gasteiger charge is -2.33. The Bertz CT molecular complexity index is 1450. The van der Waals surface area contributed by atoms with Crippen molar-refractivity contribution >= 4 is 11.4 Å². The molecule has 0 N–H and O–H groups in total. The number of nitro benzene ring substituents is 2. The smallest absolute Gasteiger partial charge is 0.261 e. The van der Waals surface area contributed by atoms with Crippen molar-refractivity contribution in [2.45, 2.75) is 11.4 Å². The second kappa shape index (κ2) is 10.4. The lowest BCUT2D eigenvalue weighted by Crippen LogP contribution is -2.51. The van der Waals surface area contributed by atoms with Gasteiger partial charge in [-0.25, -0.2) is 4.74 Å². The molecule has 2 atom stereocenters. The zero-order valence-corrected chi connectivity index (χ0v) is 19.9. The summed E-state index contributed by atoms with van der Waals surface area (Å²) in [6.07, 6.45) is 0. The Hall–Kier alpha value is -5.56. The molecule has 0 fully saturated rings. The number of hydrogen-bond donors (Lipinski definition) is 0. The van der Waals surface area contributed by atoms with Crippen LogP contribution in [0.5, 0.6) is 0 Å². The minimum atomic E-state index is -3.07. The third-order valence-electron chi connectivity index (χ3n) is 6.07. The number of nitrogens with zero attached hydrogens (tertiary/aromatic N) is 4. The van der Waals surface area contributed by atoms with Crippen LogP contribution in [0.15, 0.2) is 109 Å². The van der Waals surface area contributed by atoms with Crippen LogP contribution in [0.4, 0.5) is 11.4 Å². The Balaban J connectivity index is 2.21. The van der Waals surface area contributed by atoms with Gasteiger partial charge < -0.3 is 0 Å². The molecule has 0 aromatic heterocycles. The quantitative estimate of drug-likeness (QED) is 0.152. The largest absolute Gasteiger partial charge is 0.390 e. The van der Waals surface area contributed by atoms with Crippen LogP contribution in [0.25, 0.3) is 0 Å². The van der Waals surface area contributed by atoms with Crippen molar-refractivity contribution in [2.24, 2.45) is 0 Å². The van der Waals surface area contributed by atoms with Gasteiger partial charge in [-0.2, -0.15) is 0 Å². The van der Waals surface area contributed by atoms with Crippen molar-refractivity contribution < 1.29 is 24.4 Å². The SMILES string of the molecule is O=[N+]([O-])c1ccccc1C(OC(c1ccccc1)(c1ccccc1[N+](=O)[O-])[N+](=O)[O-])(c1ccccc1)[N+](=O)[O-]. The summed E-state index contributed by atoms with van der Waals surface area (Å²) in [5.41, 5.74) is -9.44. The molecule has 4 aromatic carbocycles. The average Bonchev–Trinajstić information content (AvgIpc) is 2.94. The standard InChI is InChI=1S/C26H18N4O9/c31-27(32)23-17-9-7-15-21(23)25(29(35)36,19-11-3-1-4-12-19)39-26(30(37)38,20-13-5-2-6-14-20)22-16-8-10-18-24(22)28(33)34/h1-18H. The lowest BCUT2D eigenvalue weighted by atomic mass is 9.89. The first-order valence-electron chi connectivity index (χ1n) is 11.2. The molecule has 0 amide bonds. The van der Waals surface area contributed by atoms with Crippen LogP contribution >= 0.6 is 0 Å². The van der Waals surface area contributed by atoms with Crippen LogP contribution in [0.3, 0.4) is 0 Å². The maximum absolute atomic E-state index is 13.1. The molecule has 13 heteroatoms. The van der Waals surface area contributed by atoms with E-state index in [1.54, 1.807) is 0 Å². The van der Waals surface area contributed by atoms with Crippen molar-refractivity contribution in [1.82, 2.24) is 0 Å². The molecule has 0 spiro atoms. The van der Waals surface area contributed by atoms with Crippen LogP contribution in [-0.2, 0) is 16.2 Å². The van der Waals surface area contributed by atoms with Gasteiger partial charge in [0.05, 0.1) is 30.8 Å². The third-order valence-corrected chi connectivity index (χ3v) is 6.07. The number of ether oxygens (including phenoxy) is 1. The summed E-state index contributed by atoms with van der Waals surface area (Å²) < 4.78 is 6.07. The van der Waals surface area contributed by atoms with Gasteiger partial charge in [-0.3, -0.25) is 40.5 Å². The molecule has 196 valence electrons. The molecule has 2 unspecified atom stereocenters. The van der Waals surface area contributed by atoms with E-state index in [1.165, 1.54) is 84.9 Å². The minimum absolute atomic E-state index is 0.287. The summed E-state index contributed by atoms with van der Waals surface area (Å²) in [5.74, 6) is 0. The number of nitro groups is 4. The molecule has 4 aromatic rings. The molecule has 0 saturated heterocycles. The van der Waals surface area contributed by atoms with Gasteiger partial charge in [0.1, 0.15) is 11.1 Å². The number of hydrogen-bond acceptors (Lipinski definition) is 9. The molecular weight excluding hydrogens is 512 g/mol. The Kier molecular flexibility index (Phi) is 7.09. The summed E-state index contributed by atoms with van der Waals surface area (Å²) in [7, 11) is 0. The second-order valence-electron chi connectivity index (χ2n) is 8.18. The molecule has 13 nitrogen and oxygen atoms in total. The van der Waals surface area contributed by atoms with Gasteiger partial charge in [0.15, 0.2) is 0 Å². The van der Waals surface area contributed by atoms with Crippen molar-refractivity contribution in [3.8, 4) is 0 Å². The van der Waals surface area contributed by atoms with Crippen LogP contribution < -0.4 is 0 Å². The summed E-state index contributed by atoms with van der Waals surface area (Å²) in [6.45, 7) is 0. The van der Waals surface area contributed by atoms with Gasteiger partial charge >= 0.3 is 11.4 Å². The Morgan fingerprint density at radius 2 is 0.769 bits per heavy atom. The van der Waals surface area contributed by atoms with Gasteiger partial charge in [-0.05, 0) is 36.4 Å². The van der Waals surface area contributed by atoms with Crippen molar-refractivity contribution in [1.29, 1.82) is 0 Å². The summed E-state index contributed by atoms with van der Waals surface area (Å²) in [6, 6.07) is 22.8. The van der Waals surface area contributed by atoms with E-state index >= 15 is 0 Å². The molecule has 0 aliphatic rings. The first-order valence-corrected chi connectivity index (χ1v) is 11.2. The van der Waals surface area contributed by atoms with E-state index in [4.69, 9.17) is 4.74 Å². The Labute approximate surface area is 219 Å². The summed E-state index contributed by atoms with van der Waals surface area (Å²) in [4.78, 5) is 46.4. The Morgan fingerprint density at radius 1 is 0.462 bits per heavy atom. The van der Waals surface area contributed by atoms with E-state index in [9.17, 15) is 40.5 Å².